The molecular weight excluding hydrogens is 374 g/mol. The Labute approximate surface area is 179 Å². The first-order chi connectivity index (χ1) is 14.4. The first kappa shape index (κ1) is 20.8. The van der Waals surface area contributed by atoms with E-state index in [4.69, 9.17) is 9.47 Å². The zero-order chi connectivity index (χ0) is 21.5. The smallest absolute Gasteiger partial charge is 0.135 e. The monoisotopic (exact) mass is 407 g/mol. The summed E-state index contributed by atoms with van der Waals surface area (Å²) in [5.41, 5.74) is 7.71. The molecule has 0 radical (unpaired) electrons. The van der Waals surface area contributed by atoms with Crippen LogP contribution in [0.3, 0.4) is 0 Å². The highest BCUT2D eigenvalue weighted by Gasteiger charge is 2.35. The number of anilines is 1. The van der Waals surface area contributed by atoms with Crippen LogP contribution in [0.15, 0.2) is 30.3 Å². The largest absolute Gasteiger partial charge is 0.496 e. The molecule has 30 heavy (non-hydrogen) atoms. The van der Waals surface area contributed by atoms with Crippen LogP contribution in [0, 0.1) is 0 Å². The van der Waals surface area contributed by atoms with Gasteiger partial charge in [-0.05, 0) is 62.9 Å². The number of nitrogens with one attached hydrogen (secondary N) is 1. The summed E-state index contributed by atoms with van der Waals surface area (Å²) in [7, 11) is 1.66. The Bertz CT molecular complexity index is 990. The second-order valence-corrected chi connectivity index (χ2v) is 9.01. The van der Waals surface area contributed by atoms with Gasteiger partial charge in [-0.15, -0.1) is 0 Å². The summed E-state index contributed by atoms with van der Waals surface area (Å²) < 4.78 is 12.4. The molecule has 0 aliphatic carbocycles. The van der Waals surface area contributed by atoms with Crippen LogP contribution in [-0.4, -0.2) is 17.8 Å². The van der Waals surface area contributed by atoms with Crippen LogP contribution in [0.1, 0.15) is 76.2 Å². The maximum atomic E-state index is 9.85. The van der Waals surface area contributed by atoms with Gasteiger partial charge in [-0.3, -0.25) is 0 Å². The molecule has 1 atom stereocenters. The fourth-order valence-electron chi connectivity index (χ4n) is 5.01. The molecule has 0 saturated carbocycles. The van der Waals surface area contributed by atoms with Gasteiger partial charge in [-0.2, -0.15) is 0 Å². The van der Waals surface area contributed by atoms with Crippen molar-refractivity contribution in [3.63, 3.8) is 0 Å². The van der Waals surface area contributed by atoms with Crippen molar-refractivity contribution in [2.45, 2.75) is 71.6 Å². The maximum absolute atomic E-state index is 9.85. The molecule has 2 heterocycles. The van der Waals surface area contributed by atoms with Gasteiger partial charge in [0.05, 0.1) is 24.8 Å². The van der Waals surface area contributed by atoms with Gasteiger partial charge in [0.1, 0.15) is 17.6 Å². The molecule has 4 nitrogen and oxygen atoms in total. The third-order valence-electron chi connectivity index (χ3n) is 6.18. The molecule has 0 saturated heterocycles. The molecule has 0 aromatic heterocycles. The number of rotatable bonds is 6. The Morgan fingerprint density at radius 3 is 2.63 bits per heavy atom. The van der Waals surface area contributed by atoms with Crippen molar-refractivity contribution in [2.24, 2.45) is 0 Å². The number of aliphatic hydroxyl groups is 1. The van der Waals surface area contributed by atoms with E-state index >= 15 is 0 Å². The van der Waals surface area contributed by atoms with E-state index in [0.717, 1.165) is 41.0 Å². The van der Waals surface area contributed by atoms with Crippen molar-refractivity contribution >= 4 is 11.3 Å². The number of fused-ring (bicyclic) bond motifs is 5. The highest BCUT2D eigenvalue weighted by atomic mass is 16.5. The van der Waals surface area contributed by atoms with Gasteiger partial charge in [-0.1, -0.05) is 31.9 Å². The topological polar surface area (TPSA) is 50.7 Å². The molecule has 160 valence electrons. The molecule has 4 heteroatoms. The average molecular weight is 408 g/mol. The van der Waals surface area contributed by atoms with Crippen molar-refractivity contribution in [2.75, 3.05) is 12.4 Å². The SMILES string of the molecule is CCCCCC1Oc2ccc(CO)c(OC)c2-c2ccc3c(c21)C(C)=CC(C)(C)N3. The number of ether oxygens (including phenoxy) is 2. The number of hydrogen-bond donors (Lipinski definition) is 2. The van der Waals surface area contributed by atoms with Crippen LogP contribution in [0.5, 0.6) is 11.5 Å². The zero-order valence-electron chi connectivity index (χ0n) is 18.8. The van der Waals surface area contributed by atoms with Crippen LogP contribution in [-0.2, 0) is 6.61 Å². The summed E-state index contributed by atoms with van der Waals surface area (Å²) in [4.78, 5) is 0. The van der Waals surface area contributed by atoms with Crippen molar-refractivity contribution in [1.82, 2.24) is 0 Å². The zero-order valence-corrected chi connectivity index (χ0v) is 18.8. The van der Waals surface area contributed by atoms with E-state index in [9.17, 15) is 5.11 Å². The lowest BCUT2D eigenvalue weighted by atomic mass is 9.80. The van der Waals surface area contributed by atoms with Crippen LogP contribution < -0.4 is 14.8 Å². The van der Waals surface area contributed by atoms with Gasteiger partial charge in [0, 0.05) is 22.4 Å². The molecule has 2 aliphatic heterocycles. The lowest BCUT2D eigenvalue weighted by molar-refractivity contribution is 0.186. The minimum Gasteiger partial charge on any atom is -0.496 e. The average Bonchev–Trinajstić information content (AvgIpc) is 2.71. The molecule has 1 unspecified atom stereocenters. The lowest BCUT2D eigenvalue weighted by Crippen LogP contribution is -2.32. The van der Waals surface area contributed by atoms with Gasteiger partial charge >= 0.3 is 0 Å². The molecule has 0 bridgehead atoms. The summed E-state index contributed by atoms with van der Waals surface area (Å²) in [6, 6.07) is 8.24. The Morgan fingerprint density at radius 1 is 1.13 bits per heavy atom. The Morgan fingerprint density at radius 2 is 1.93 bits per heavy atom. The first-order valence-electron chi connectivity index (χ1n) is 11.0. The van der Waals surface area contributed by atoms with Crippen molar-refractivity contribution in [3.8, 4) is 22.6 Å². The number of allylic oxidation sites excluding steroid dienone is 1. The standard InChI is InChI=1S/C26H33NO3/c1-6-7-8-9-20-23-18(11-12-19-22(23)16(2)14-26(3,4)27-19)24-21(30-20)13-10-17(15-28)25(24)29-5/h10-14,20,27-28H,6-9,15H2,1-5H3. The summed E-state index contributed by atoms with van der Waals surface area (Å²) in [5.74, 6) is 1.54. The minimum atomic E-state index is -0.0851. The lowest BCUT2D eigenvalue weighted by Gasteiger charge is -2.37. The molecule has 2 aromatic rings. The molecule has 2 N–H and O–H groups in total. The van der Waals surface area contributed by atoms with Crippen molar-refractivity contribution < 1.29 is 14.6 Å². The van der Waals surface area contributed by atoms with Gasteiger partial charge in [0.15, 0.2) is 0 Å². The second kappa shape index (κ2) is 7.99. The van der Waals surface area contributed by atoms with Crippen molar-refractivity contribution in [1.29, 1.82) is 0 Å². The van der Waals surface area contributed by atoms with E-state index in [2.05, 4.69) is 51.2 Å². The van der Waals surface area contributed by atoms with Gasteiger partial charge in [0.25, 0.3) is 0 Å². The van der Waals surface area contributed by atoms with E-state index in [1.807, 2.05) is 12.1 Å². The van der Waals surface area contributed by atoms with Crippen LogP contribution in [0.25, 0.3) is 16.7 Å². The highest BCUT2D eigenvalue weighted by molar-refractivity contribution is 5.91. The van der Waals surface area contributed by atoms with Crippen molar-refractivity contribution in [3.05, 3.63) is 47.0 Å². The molecule has 0 spiro atoms. The predicted octanol–water partition coefficient (Wildman–Crippen LogP) is 6.48. The number of hydrogen-bond acceptors (Lipinski definition) is 4. The second-order valence-electron chi connectivity index (χ2n) is 9.01. The Hall–Kier alpha value is -2.46. The quantitative estimate of drug-likeness (QED) is 0.538. The van der Waals surface area contributed by atoms with Crippen LogP contribution >= 0.6 is 0 Å². The predicted molar refractivity (Wildman–Crippen MR) is 123 cm³/mol. The summed E-state index contributed by atoms with van der Waals surface area (Å²) in [6.45, 7) is 8.75. The number of unbranched alkanes of at least 4 members (excludes halogenated alkanes) is 2. The highest BCUT2D eigenvalue weighted by Crippen LogP contribution is 2.53. The Balaban J connectivity index is 1.95. The molecule has 2 aromatic carbocycles. The number of benzene rings is 2. The molecule has 4 rings (SSSR count). The van der Waals surface area contributed by atoms with Gasteiger partial charge in [0.2, 0.25) is 0 Å². The number of methoxy groups -OCH3 is 1. The molecule has 0 amide bonds. The van der Waals surface area contributed by atoms with E-state index in [1.54, 1.807) is 7.11 Å². The van der Waals surface area contributed by atoms with Gasteiger partial charge in [-0.25, -0.2) is 0 Å². The fraction of sp³-hybridized carbons (Fsp3) is 0.462. The van der Waals surface area contributed by atoms with Crippen LogP contribution in [0.4, 0.5) is 5.69 Å². The summed E-state index contributed by atoms with van der Waals surface area (Å²) >= 11 is 0. The normalized spacial score (nSPS) is 18.3. The molecular formula is C26H33NO3. The summed E-state index contributed by atoms with van der Waals surface area (Å²) in [5, 5.41) is 13.5. The fourth-order valence-corrected chi connectivity index (χ4v) is 5.01. The Kier molecular flexibility index (Phi) is 5.54. The molecule has 2 aliphatic rings. The third kappa shape index (κ3) is 3.47. The first-order valence-corrected chi connectivity index (χ1v) is 11.0. The van der Waals surface area contributed by atoms with E-state index < -0.39 is 0 Å². The van der Waals surface area contributed by atoms with E-state index in [1.165, 1.54) is 29.5 Å². The van der Waals surface area contributed by atoms with Gasteiger partial charge < -0.3 is 19.9 Å². The minimum absolute atomic E-state index is 0.00467. The van der Waals surface area contributed by atoms with E-state index in [0.29, 0.717) is 5.75 Å². The van der Waals surface area contributed by atoms with Crippen LogP contribution in [0.2, 0.25) is 0 Å². The molecule has 0 fully saturated rings. The maximum Gasteiger partial charge on any atom is 0.135 e. The van der Waals surface area contributed by atoms with E-state index in [-0.39, 0.29) is 18.2 Å². The number of aliphatic hydroxyl groups excluding tert-OH is 1. The third-order valence-corrected chi connectivity index (χ3v) is 6.18. The summed E-state index contributed by atoms with van der Waals surface area (Å²) in [6.07, 6.45) is 6.81.